The summed E-state index contributed by atoms with van der Waals surface area (Å²) in [6.45, 7) is 5.95. The Labute approximate surface area is 119 Å². The smallest absolute Gasteiger partial charge is 0.225 e. The Bertz CT molecular complexity index is 438. The summed E-state index contributed by atoms with van der Waals surface area (Å²) in [6.07, 6.45) is 0.498. The molecular formula is C14H20ClN3O. The van der Waals surface area contributed by atoms with Crippen LogP contribution in [0, 0.1) is 0 Å². The monoisotopic (exact) mass is 281 g/mol. The van der Waals surface area contributed by atoms with Crippen LogP contribution in [0.5, 0.6) is 0 Å². The number of para-hydroxylation sites is 1. The van der Waals surface area contributed by atoms with E-state index in [1.165, 1.54) is 0 Å². The van der Waals surface area contributed by atoms with E-state index < -0.39 is 0 Å². The van der Waals surface area contributed by atoms with Gasteiger partial charge in [-0.2, -0.15) is 0 Å². The molecule has 2 N–H and O–H groups in total. The Hall–Kier alpha value is -1.10. The van der Waals surface area contributed by atoms with Gasteiger partial charge in [0, 0.05) is 38.6 Å². The van der Waals surface area contributed by atoms with Crippen LogP contribution < -0.4 is 10.6 Å². The summed E-state index contributed by atoms with van der Waals surface area (Å²) >= 11 is 6.00. The highest BCUT2D eigenvalue weighted by atomic mass is 35.5. The van der Waals surface area contributed by atoms with Crippen molar-refractivity contribution in [2.75, 3.05) is 31.5 Å². The average Bonchev–Trinajstić information content (AvgIpc) is 2.39. The van der Waals surface area contributed by atoms with Gasteiger partial charge in [-0.15, -0.1) is 0 Å². The van der Waals surface area contributed by atoms with Crippen molar-refractivity contribution in [1.82, 2.24) is 10.2 Å². The van der Waals surface area contributed by atoms with Gasteiger partial charge in [0.05, 0.1) is 10.7 Å². The molecule has 104 valence electrons. The molecular weight excluding hydrogens is 262 g/mol. The van der Waals surface area contributed by atoms with Gasteiger partial charge < -0.3 is 15.5 Å². The topological polar surface area (TPSA) is 44.4 Å². The molecule has 0 aromatic heterocycles. The number of hydrogen-bond donors (Lipinski definition) is 2. The molecule has 2 rings (SSSR count). The molecule has 1 saturated heterocycles. The summed E-state index contributed by atoms with van der Waals surface area (Å²) < 4.78 is 0. The molecule has 0 saturated carbocycles. The van der Waals surface area contributed by atoms with E-state index in [1.54, 1.807) is 6.07 Å². The van der Waals surface area contributed by atoms with Crippen LogP contribution in [-0.4, -0.2) is 43.0 Å². The number of rotatable bonds is 4. The van der Waals surface area contributed by atoms with Gasteiger partial charge in [0.25, 0.3) is 0 Å². The van der Waals surface area contributed by atoms with Crippen LogP contribution in [0.25, 0.3) is 0 Å². The summed E-state index contributed by atoms with van der Waals surface area (Å²) in [5.41, 5.74) is 0.683. The van der Waals surface area contributed by atoms with E-state index in [2.05, 4.69) is 22.5 Å². The Balaban J connectivity index is 1.77. The van der Waals surface area contributed by atoms with E-state index in [0.717, 1.165) is 26.2 Å². The fourth-order valence-corrected chi connectivity index (χ4v) is 2.43. The molecule has 0 spiro atoms. The maximum Gasteiger partial charge on any atom is 0.225 e. The maximum absolute atomic E-state index is 11.9. The van der Waals surface area contributed by atoms with Gasteiger partial charge in [0.2, 0.25) is 5.91 Å². The average molecular weight is 282 g/mol. The molecule has 4 nitrogen and oxygen atoms in total. The van der Waals surface area contributed by atoms with Crippen LogP contribution in [0.15, 0.2) is 24.3 Å². The quantitative estimate of drug-likeness (QED) is 0.887. The number of benzene rings is 1. The van der Waals surface area contributed by atoms with E-state index in [1.807, 2.05) is 18.2 Å². The molecule has 0 aliphatic carbocycles. The predicted molar refractivity (Wildman–Crippen MR) is 78.6 cm³/mol. The first-order valence-electron chi connectivity index (χ1n) is 6.65. The maximum atomic E-state index is 11.9. The van der Waals surface area contributed by atoms with Gasteiger partial charge in [-0.05, 0) is 19.1 Å². The second kappa shape index (κ2) is 6.89. The molecule has 1 atom stereocenters. The molecule has 0 radical (unpaired) electrons. The van der Waals surface area contributed by atoms with Gasteiger partial charge in [-0.25, -0.2) is 0 Å². The molecule has 1 aromatic carbocycles. The van der Waals surface area contributed by atoms with Crippen molar-refractivity contribution in [3.05, 3.63) is 29.3 Å². The molecule has 1 fully saturated rings. The van der Waals surface area contributed by atoms with Crippen LogP contribution in [-0.2, 0) is 4.79 Å². The Kier molecular flexibility index (Phi) is 5.19. The molecule has 1 aliphatic heterocycles. The van der Waals surface area contributed by atoms with Gasteiger partial charge in [0.1, 0.15) is 0 Å². The van der Waals surface area contributed by atoms with E-state index >= 15 is 0 Å². The third kappa shape index (κ3) is 4.49. The molecule has 0 bridgehead atoms. The van der Waals surface area contributed by atoms with Crippen LogP contribution in [0.3, 0.4) is 0 Å². The number of piperazine rings is 1. The summed E-state index contributed by atoms with van der Waals surface area (Å²) in [6, 6.07) is 7.79. The first-order chi connectivity index (χ1) is 9.15. The number of amides is 1. The summed E-state index contributed by atoms with van der Waals surface area (Å²) in [5.74, 6) is 0.0132. The van der Waals surface area contributed by atoms with Crippen LogP contribution >= 0.6 is 11.6 Å². The lowest BCUT2D eigenvalue weighted by molar-refractivity contribution is -0.116. The SMILES string of the molecule is C[C@@H]1CN(CCC(=O)Nc2ccccc2Cl)CCN1. The summed E-state index contributed by atoms with van der Waals surface area (Å²) in [4.78, 5) is 14.2. The fraction of sp³-hybridized carbons (Fsp3) is 0.500. The van der Waals surface area contributed by atoms with Gasteiger partial charge >= 0.3 is 0 Å². The van der Waals surface area contributed by atoms with E-state index in [-0.39, 0.29) is 5.91 Å². The number of carbonyl (C=O) groups is 1. The highest BCUT2D eigenvalue weighted by molar-refractivity contribution is 6.33. The summed E-state index contributed by atoms with van der Waals surface area (Å²) in [7, 11) is 0. The largest absolute Gasteiger partial charge is 0.325 e. The first-order valence-corrected chi connectivity index (χ1v) is 7.03. The Morgan fingerprint density at radius 2 is 2.32 bits per heavy atom. The molecule has 1 aromatic rings. The number of carbonyl (C=O) groups excluding carboxylic acids is 1. The van der Waals surface area contributed by atoms with Crippen molar-refractivity contribution in [2.24, 2.45) is 0 Å². The van der Waals surface area contributed by atoms with Crippen LogP contribution in [0.1, 0.15) is 13.3 Å². The van der Waals surface area contributed by atoms with Crippen molar-refractivity contribution in [2.45, 2.75) is 19.4 Å². The lowest BCUT2D eigenvalue weighted by Gasteiger charge is -2.31. The first kappa shape index (κ1) is 14.3. The zero-order valence-corrected chi connectivity index (χ0v) is 11.9. The highest BCUT2D eigenvalue weighted by Crippen LogP contribution is 2.20. The normalized spacial score (nSPS) is 20.2. The van der Waals surface area contributed by atoms with E-state index in [0.29, 0.717) is 23.2 Å². The van der Waals surface area contributed by atoms with Crippen molar-refractivity contribution < 1.29 is 4.79 Å². The van der Waals surface area contributed by atoms with Crippen LogP contribution in [0.2, 0.25) is 5.02 Å². The minimum Gasteiger partial charge on any atom is -0.325 e. The van der Waals surface area contributed by atoms with Gasteiger partial charge in [0.15, 0.2) is 0 Å². The van der Waals surface area contributed by atoms with Crippen molar-refractivity contribution >= 4 is 23.2 Å². The standard InChI is InChI=1S/C14H20ClN3O/c1-11-10-18(9-7-16-11)8-6-14(19)17-13-5-3-2-4-12(13)15/h2-5,11,16H,6-10H2,1H3,(H,17,19)/t11-/m1/s1. The third-order valence-electron chi connectivity index (χ3n) is 3.26. The zero-order valence-electron chi connectivity index (χ0n) is 11.2. The molecule has 0 unspecified atom stereocenters. The third-order valence-corrected chi connectivity index (χ3v) is 3.59. The highest BCUT2D eigenvalue weighted by Gasteiger charge is 2.16. The summed E-state index contributed by atoms with van der Waals surface area (Å²) in [5, 5.41) is 6.81. The molecule has 1 heterocycles. The predicted octanol–water partition coefficient (Wildman–Crippen LogP) is 1.96. The lowest BCUT2D eigenvalue weighted by Crippen LogP contribution is -2.49. The minimum absolute atomic E-state index is 0.0132. The fourth-order valence-electron chi connectivity index (χ4n) is 2.25. The number of hydrogen-bond acceptors (Lipinski definition) is 3. The minimum atomic E-state index is 0.0132. The molecule has 19 heavy (non-hydrogen) atoms. The number of anilines is 1. The number of halogens is 1. The van der Waals surface area contributed by atoms with Crippen molar-refractivity contribution in [1.29, 1.82) is 0 Å². The van der Waals surface area contributed by atoms with E-state index in [9.17, 15) is 4.79 Å². The zero-order chi connectivity index (χ0) is 13.7. The van der Waals surface area contributed by atoms with Crippen molar-refractivity contribution in [3.63, 3.8) is 0 Å². The lowest BCUT2D eigenvalue weighted by atomic mass is 10.2. The molecule has 1 aliphatic rings. The second-order valence-corrected chi connectivity index (χ2v) is 5.34. The second-order valence-electron chi connectivity index (χ2n) is 4.93. The van der Waals surface area contributed by atoms with Crippen molar-refractivity contribution in [3.8, 4) is 0 Å². The Morgan fingerprint density at radius 3 is 3.05 bits per heavy atom. The Morgan fingerprint density at radius 1 is 1.53 bits per heavy atom. The van der Waals surface area contributed by atoms with Gasteiger partial charge in [-0.3, -0.25) is 4.79 Å². The number of nitrogens with one attached hydrogen (secondary N) is 2. The van der Waals surface area contributed by atoms with Crippen LogP contribution in [0.4, 0.5) is 5.69 Å². The number of nitrogens with zero attached hydrogens (tertiary/aromatic N) is 1. The van der Waals surface area contributed by atoms with Gasteiger partial charge in [-0.1, -0.05) is 23.7 Å². The molecule has 1 amide bonds. The van der Waals surface area contributed by atoms with E-state index in [4.69, 9.17) is 11.6 Å². The molecule has 5 heteroatoms.